The second kappa shape index (κ2) is 8.53. The molecule has 0 amide bonds. The largest absolute Gasteiger partial charge is 0.353 e. The monoisotopic (exact) mass is 445 g/mol. The summed E-state index contributed by atoms with van der Waals surface area (Å²) in [5.41, 5.74) is 8.84. The van der Waals surface area contributed by atoms with E-state index in [2.05, 4.69) is 72.7 Å². The average molecular weight is 446 g/mol. The molecule has 0 radical (unpaired) electrons. The number of H-pyrrole nitrogens is 2. The van der Waals surface area contributed by atoms with Gasteiger partial charge < -0.3 is 10.3 Å². The lowest BCUT2D eigenvalue weighted by atomic mass is 10.0. The topological polar surface area (TPSA) is 95.2 Å². The molecule has 0 saturated heterocycles. The fourth-order valence-electron chi connectivity index (χ4n) is 4.30. The molecular weight excluding hydrogens is 422 g/mol. The molecular formula is C27H23N7. The summed E-state index contributed by atoms with van der Waals surface area (Å²) in [7, 11) is 0. The van der Waals surface area contributed by atoms with Gasteiger partial charge in [-0.3, -0.25) is 20.1 Å². The van der Waals surface area contributed by atoms with Crippen LogP contribution in [-0.4, -0.2) is 36.7 Å². The molecule has 34 heavy (non-hydrogen) atoms. The Morgan fingerprint density at radius 2 is 1.76 bits per heavy atom. The van der Waals surface area contributed by atoms with Gasteiger partial charge in [0.25, 0.3) is 0 Å². The van der Waals surface area contributed by atoms with E-state index in [1.807, 2.05) is 36.7 Å². The molecule has 5 heterocycles. The number of benzene rings is 1. The lowest BCUT2D eigenvalue weighted by molar-refractivity contribution is 0.724. The van der Waals surface area contributed by atoms with Crippen LogP contribution in [0.1, 0.15) is 12.5 Å². The molecule has 0 spiro atoms. The van der Waals surface area contributed by atoms with E-state index in [4.69, 9.17) is 0 Å². The highest BCUT2D eigenvalue weighted by Crippen LogP contribution is 2.34. The molecule has 0 fully saturated rings. The summed E-state index contributed by atoms with van der Waals surface area (Å²) in [6.45, 7) is 3.83. The third-order valence-corrected chi connectivity index (χ3v) is 5.98. The summed E-state index contributed by atoms with van der Waals surface area (Å²) >= 11 is 0. The minimum atomic E-state index is 0.804. The van der Waals surface area contributed by atoms with Crippen LogP contribution < -0.4 is 5.32 Å². The highest BCUT2D eigenvalue weighted by atomic mass is 15.1. The summed E-state index contributed by atoms with van der Waals surface area (Å²) in [4.78, 5) is 17.0. The van der Waals surface area contributed by atoms with Gasteiger partial charge >= 0.3 is 0 Å². The number of fused-ring (bicyclic) bond motifs is 2. The molecule has 1 aromatic carbocycles. The lowest BCUT2D eigenvalue weighted by Gasteiger charge is -2.06. The van der Waals surface area contributed by atoms with Crippen LogP contribution in [0.25, 0.3) is 55.7 Å². The van der Waals surface area contributed by atoms with Crippen molar-refractivity contribution >= 4 is 21.8 Å². The van der Waals surface area contributed by atoms with Crippen LogP contribution in [0, 0.1) is 0 Å². The zero-order chi connectivity index (χ0) is 22.9. The summed E-state index contributed by atoms with van der Waals surface area (Å²) in [6, 6.07) is 18.5. The van der Waals surface area contributed by atoms with Crippen molar-refractivity contribution in [1.29, 1.82) is 0 Å². The first-order chi connectivity index (χ1) is 16.8. The lowest BCUT2D eigenvalue weighted by Crippen LogP contribution is -2.11. The standard InChI is InChI=1S/C27H23N7/c1-2-28-14-17-11-19(16-29-15-17)18-6-7-23-20(12-18)27(34-33-23)25-13-21-22(32-25)8-10-31-26(21)24-5-3-4-9-30-24/h3-13,15-16,28,32H,2,14H2,1H3,(H,33,34). The second-order valence-corrected chi connectivity index (χ2v) is 8.21. The smallest absolute Gasteiger partial charge is 0.116 e. The Kier molecular flexibility index (Phi) is 5.08. The predicted molar refractivity (Wildman–Crippen MR) is 135 cm³/mol. The maximum atomic E-state index is 4.64. The molecule has 7 heteroatoms. The maximum Gasteiger partial charge on any atom is 0.116 e. The molecule has 3 N–H and O–H groups in total. The first kappa shape index (κ1) is 20.3. The fraction of sp³-hybridized carbons (Fsp3) is 0.111. The Labute approximate surface area is 196 Å². The van der Waals surface area contributed by atoms with E-state index in [0.29, 0.717) is 0 Å². The van der Waals surface area contributed by atoms with E-state index in [1.54, 1.807) is 12.4 Å². The van der Waals surface area contributed by atoms with Gasteiger partial charge in [0.1, 0.15) is 5.69 Å². The Morgan fingerprint density at radius 3 is 2.65 bits per heavy atom. The molecule has 6 aromatic rings. The van der Waals surface area contributed by atoms with Crippen molar-refractivity contribution < 1.29 is 0 Å². The zero-order valence-electron chi connectivity index (χ0n) is 18.7. The SMILES string of the molecule is CCNCc1cncc(-c2ccc3[nH]nc(-c4cc5c(-c6ccccn6)nccc5[nH]4)c3c2)c1. The van der Waals surface area contributed by atoms with Crippen LogP contribution in [-0.2, 0) is 6.54 Å². The molecule has 6 rings (SSSR count). The average Bonchev–Trinajstić information content (AvgIpc) is 3.51. The van der Waals surface area contributed by atoms with Gasteiger partial charge in [0, 0.05) is 53.2 Å². The Morgan fingerprint density at radius 1 is 0.824 bits per heavy atom. The van der Waals surface area contributed by atoms with Gasteiger partial charge in [-0.15, -0.1) is 0 Å². The molecule has 0 unspecified atom stereocenters. The second-order valence-electron chi connectivity index (χ2n) is 8.21. The van der Waals surface area contributed by atoms with Crippen LogP contribution in [0.5, 0.6) is 0 Å². The van der Waals surface area contributed by atoms with Gasteiger partial charge in [-0.25, -0.2) is 0 Å². The molecule has 0 aliphatic rings. The Hall–Kier alpha value is -4.36. The van der Waals surface area contributed by atoms with Crippen LogP contribution in [0.15, 0.2) is 79.4 Å². The van der Waals surface area contributed by atoms with E-state index in [-0.39, 0.29) is 0 Å². The van der Waals surface area contributed by atoms with E-state index in [1.165, 1.54) is 0 Å². The first-order valence-corrected chi connectivity index (χ1v) is 11.3. The van der Waals surface area contributed by atoms with Gasteiger partial charge in [0.15, 0.2) is 0 Å². The normalized spacial score (nSPS) is 11.4. The summed E-state index contributed by atoms with van der Waals surface area (Å²) in [5.74, 6) is 0. The predicted octanol–water partition coefficient (Wildman–Crippen LogP) is 5.34. The van der Waals surface area contributed by atoms with Gasteiger partial charge in [-0.1, -0.05) is 19.1 Å². The Bertz CT molecular complexity index is 1600. The Balaban J connectivity index is 1.44. The number of hydrogen-bond donors (Lipinski definition) is 3. The van der Waals surface area contributed by atoms with Crippen molar-refractivity contribution in [3.63, 3.8) is 0 Å². The van der Waals surface area contributed by atoms with E-state index >= 15 is 0 Å². The molecule has 166 valence electrons. The van der Waals surface area contributed by atoms with E-state index in [0.717, 1.165) is 74.4 Å². The fourth-order valence-corrected chi connectivity index (χ4v) is 4.30. The van der Waals surface area contributed by atoms with Crippen LogP contribution in [0.4, 0.5) is 0 Å². The molecule has 0 aliphatic carbocycles. The first-order valence-electron chi connectivity index (χ1n) is 11.3. The van der Waals surface area contributed by atoms with Crippen molar-refractivity contribution in [2.24, 2.45) is 0 Å². The van der Waals surface area contributed by atoms with Gasteiger partial charge in [-0.2, -0.15) is 5.10 Å². The van der Waals surface area contributed by atoms with Gasteiger partial charge in [-0.05, 0) is 60.1 Å². The minimum Gasteiger partial charge on any atom is -0.353 e. The summed E-state index contributed by atoms with van der Waals surface area (Å²) in [5, 5.41) is 13.2. The quantitative estimate of drug-likeness (QED) is 0.322. The van der Waals surface area contributed by atoms with Crippen LogP contribution in [0.2, 0.25) is 0 Å². The van der Waals surface area contributed by atoms with Crippen LogP contribution >= 0.6 is 0 Å². The van der Waals surface area contributed by atoms with Gasteiger partial charge in [0.2, 0.25) is 0 Å². The van der Waals surface area contributed by atoms with Crippen molar-refractivity contribution in [2.75, 3.05) is 6.54 Å². The van der Waals surface area contributed by atoms with Gasteiger partial charge in [0.05, 0.1) is 22.6 Å². The van der Waals surface area contributed by atoms with Crippen molar-refractivity contribution in [2.45, 2.75) is 13.5 Å². The number of aromatic nitrogens is 6. The number of rotatable bonds is 6. The van der Waals surface area contributed by atoms with Crippen LogP contribution in [0.3, 0.4) is 0 Å². The zero-order valence-corrected chi connectivity index (χ0v) is 18.7. The number of pyridine rings is 3. The number of nitrogens with one attached hydrogen (secondary N) is 3. The number of hydrogen-bond acceptors (Lipinski definition) is 5. The summed E-state index contributed by atoms with van der Waals surface area (Å²) in [6.07, 6.45) is 7.41. The highest BCUT2D eigenvalue weighted by Gasteiger charge is 2.15. The molecule has 7 nitrogen and oxygen atoms in total. The van der Waals surface area contributed by atoms with E-state index in [9.17, 15) is 0 Å². The van der Waals surface area contributed by atoms with E-state index < -0.39 is 0 Å². The molecule has 0 saturated carbocycles. The molecule has 0 bridgehead atoms. The maximum absolute atomic E-state index is 4.64. The molecule has 0 atom stereocenters. The molecule has 5 aromatic heterocycles. The number of nitrogens with zero attached hydrogens (tertiary/aromatic N) is 4. The van der Waals surface area contributed by atoms with Crippen molar-refractivity contribution in [1.82, 2.24) is 35.5 Å². The summed E-state index contributed by atoms with van der Waals surface area (Å²) < 4.78 is 0. The third-order valence-electron chi connectivity index (χ3n) is 5.98. The minimum absolute atomic E-state index is 0.804. The highest BCUT2D eigenvalue weighted by molar-refractivity contribution is 6.00. The molecule has 0 aliphatic heterocycles. The van der Waals surface area contributed by atoms with Crippen molar-refractivity contribution in [3.8, 4) is 33.9 Å². The third kappa shape index (κ3) is 3.62. The van der Waals surface area contributed by atoms with Crippen molar-refractivity contribution in [3.05, 3.63) is 84.9 Å². The number of aromatic amines is 2.